The highest BCUT2D eigenvalue weighted by Gasteiger charge is 2.30. The van der Waals surface area contributed by atoms with Crippen LogP contribution in [0.5, 0.6) is 5.75 Å². The van der Waals surface area contributed by atoms with Gasteiger partial charge in [0.15, 0.2) is 5.78 Å². The van der Waals surface area contributed by atoms with Crippen molar-refractivity contribution in [1.82, 2.24) is 4.90 Å². The van der Waals surface area contributed by atoms with E-state index in [0.29, 0.717) is 16.3 Å². The topological polar surface area (TPSA) is 29.5 Å². The summed E-state index contributed by atoms with van der Waals surface area (Å²) in [5, 5.41) is 3.65. The van der Waals surface area contributed by atoms with Crippen molar-refractivity contribution in [2.24, 2.45) is 5.41 Å². The van der Waals surface area contributed by atoms with E-state index in [2.05, 4.69) is 38.0 Å². The lowest BCUT2D eigenvalue weighted by atomic mass is 9.92. The van der Waals surface area contributed by atoms with Crippen molar-refractivity contribution in [2.45, 2.75) is 40.5 Å². The molecule has 0 unspecified atom stereocenters. The van der Waals surface area contributed by atoms with Gasteiger partial charge in [-0.1, -0.05) is 57.5 Å². The van der Waals surface area contributed by atoms with E-state index in [1.165, 1.54) is 5.70 Å². The molecule has 0 bridgehead atoms. The Bertz CT molecular complexity index is 704. The van der Waals surface area contributed by atoms with Crippen molar-refractivity contribution in [3.63, 3.8) is 0 Å². The third-order valence-electron chi connectivity index (χ3n) is 4.03. The molecule has 5 heteroatoms. The molecule has 0 aliphatic carbocycles. The van der Waals surface area contributed by atoms with E-state index in [1.54, 1.807) is 43.1 Å². The van der Waals surface area contributed by atoms with Gasteiger partial charge in [0.2, 0.25) is 0 Å². The predicted molar refractivity (Wildman–Crippen MR) is 107 cm³/mol. The van der Waals surface area contributed by atoms with E-state index in [9.17, 15) is 4.79 Å². The molecule has 0 saturated heterocycles. The maximum Gasteiger partial charge on any atom is 0.192 e. The summed E-state index contributed by atoms with van der Waals surface area (Å²) < 4.78 is 5.31. The average Bonchev–Trinajstić information content (AvgIpc) is 2.95. The van der Waals surface area contributed by atoms with Crippen LogP contribution in [0.25, 0.3) is 0 Å². The van der Waals surface area contributed by atoms with Crippen molar-refractivity contribution in [1.29, 1.82) is 0 Å². The third kappa shape index (κ3) is 4.83. The van der Waals surface area contributed by atoms with E-state index < -0.39 is 0 Å². The first-order valence-corrected chi connectivity index (χ1v) is 9.78. The van der Waals surface area contributed by atoms with Gasteiger partial charge < -0.3 is 9.64 Å². The molecule has 1 aromatic rings. The lowest BCUT2D eigenvalue weighted by molar-refractivity contribution is 0.104. The number of hydrogen-bond acceptors (Lipinski definition) is 4. The smallest absolute Gasteiger partial charge is 0.192 e. The lowest BCUT2D eigenvalue weighted by Gasteiger charge is -2.31. The third-order valence-corrected chi connectivity index (χ3v) is 5.19. The van der Waals surface area contributed by atoms with E-state index in [1.807, 2.05) is 0 Å². The highest BCUT2D eigenvalue weighted by atomic mass is 35.5. The molecule has 0 aromatic heterocycles. The number of methoxy groups -OCH3 is 1. The van der Waals surface area contributed by atoms with Crippen molar-refractivity contribution in [3.05, 3.63) is 51.0 Å². The molecule has 1 heterocycles. The zero-order valence-corrected chi connectivity index (χ0v) is 17.1. The number of halogens is 1. The molecule has 0 fully saturated rings. The van der Waals surface area contributed by atoms with Gasteiger partial charge in [-0.15, -0.1) is 0 Å². The Hall–Kier alpha value is -1.39. The molecule has 0 saturated carbocycles. The minimum absolute atomic E-state index is 0.0348. The fourth-order valence-electron chi connectivity index (χ4n) is 2.67. The van der Waals surface area contributed by atoms with Gasteiger partial charge in [-0.2, -0.15) is 0 Å². The first kappa shape index (κ1) is 19.9. The number of rotatable bonds is 6. The lowest BCUT2D eigenvalue weighted by Crippen LogP contribution is -2.27. The summed E-state index contributed by atoms with van der Waals surface area (Å²) in [5.74, 6) is 0.449. The van der Waals surface area contributed by atoms with E-state index in [4.69, 9.17) is 16.3 Å². The summed E-state index contributed by atoms with van der Waals surface area (Å²) >= 11 is 7.67. The molecule has 0 atom stereocenters. The van der Waals surface area contributed by atoms with Crippen molar-refractivity contribution < 1.29 is 9.53 Å². The van der Waals surface area contributed by atoms with Crippen LogP contribution in [0.15, 0.2) is 40.4 Å². The molecule has 0 spiro atoms. The van der Waals surface area contributed by atoms with Crippen LogP contribution in [0.3, 0.4) is 0 Å². The van der Waals surface area contributed by atoms with Crippen molar-refractivity contribution >= 4 is 29.1 Å². The minimum Gasteiger partial charge on any atom is -0.496 e. The molecule has 1 aliphatic heterocycles. The maximum absolute atomic E-state index is 12.8. The Balaban J connectivity index is 2.33. The van der Waals surface area contributed by atoms with Gasteiger partial charge in [-0.05, 0) is 30.0 Å². The molecule has 25 heavy (non-hydrogen) atoms. The predicted octanol–water partition coefficient (Wildman–Crippen LogP) is 6.11. The van der Waals surface area contributed by atoms with Crippen LogP contribution in [-0.4, -0.2) is 24.3 Å². The van der Waals surface area contributed by atoms with Gasteiger partial charge in [0.25, 0.3) is 0 Å². The molecule has 1 aromatic carbocycles. The molecular formula is C20H26ClNO2S. The molecule has 0 N–H and O–H groups in total. The zero-order chi connectivity index (χ0) is 18.6. The summed E-state index contributed by atoms with van der Waals surface area (Å²) in [6.07, 6.45) is 3.89. The van der Waals surface area contributed by atoms with Gasteiger partial charge >= 0.3 is 0 Å². The molecule has 0 radical (unpaired) electrons. The first-order valence-electron chi connectivity index (χ1n) is 8.52. The number of ketones is 1. The fourth-order valence-corrected chi connectivity index (χ4v) is 4.04. The summed E-state index contributed by atoms with van der Waals surface area (Å²) in [6.45, 7) is 9.68. The number of unbranched alkanes of at least 4 members (excludes halogenated alkanes) is 1. The number of hydrogen-bond donors (Lipinski definition) is 0. The summed E-state index contributed by atoms with van der Waals surface area (Å²) in [6, 6.07) is 5.11. The number of benzene rings is 1. The Morgan fingerprint density at radius 1 is 1.36 bits per heavy atom. The average molecular weight is 380 g/mol. The summed E-state index contributed by atoms with van der Waals surface area (Å²) in [5.41, 5.74) is 1.78. The van der Waals surface area contributed by atoms with Gasteiger partial charge in [0, 0.05) is 28.8 Å². The van der Waals surface area contributed by atoms with Gasteiger partial charge in [0.05, 0.1) is 17.7 Å². The van der Waals surface area contributed by atoms with Crippen LogP contribution >= 0.6 is 23.4 Å². The largest absolute Gasteiger partial charge is 0.496 e. The fraction of sp³-hybridized carbons (Fsp3) is 0.450. The van der Waals surface area contributed by atoms with Crippen LogP contribution in [0, 0.1) is 5.41 Å². The first-order chi connectivity index (χ1) is 11.8. The van der Waals surface area contributed by atoms with E-state index in [-0.39, 0.29) is 11.2 Å². The molecule has 2 rings (SSSR count). The molecule has 3 nitrogen and oxygen atoms in total. The van der Waals surface area contributed by atoms with Crippen LogP contribution in [-0.2, 0) is 0 Å². The van der Waals surface area contributed by atoms with Gasteiger partial charge in [-0.25, -0.2) is 0 Å². The monoisotopic (exact) mass is 379 g/mol. The number of thioether (sulfide) groups is 1. The Labute approximate surface area is 160 Å². The molecule has 1 aliphatic rings. The number of ether oxygens (including phenoxy) is 1. The second-order valence-corrected chi connectivity index (χ2v) is 8.39. The minimum atomic E-state index is -0.0908. The van der Waals surface area contributed by atoms with Crippen molar-refractivity contribution in [3.8, 4) is 5.75 Å². The summed E-state index contributed by atoms with van der Waals surface area (Å²) in [4.78, 5) is 15.1. The van der Waals surface area contributed by atoms with Gasteiger partial charge in [-0.3, -0.25) is 4.79 Å². The van der Waals surface area contributed by atoms with Crippen LogP contribution in [0.4, 0.5) is 0 Å². The molecule has 0 amide bonds. The van der Waals surface area contributed by atoms with Crippen LogP contribution in [0.2, 0.25) is 5.02 Å². The number of nitrogens with zero attached hydrogens (tertiary/aromatic N) is 1. The Morgan fingerprint density at radius 2 is 2.08 bits per heavy atom. The zero-order valence-electron chi connectivity index (χ0n) is 15.6. The quantitative estimate of drug-likeness (QED) is 0.440. The standard InChI is InChI=1S/C20H26ClNO2S/c1-6-7-10-22-18(20(2,3)4)13-25-19(22)12-16(23)15-11-14(21)8-9-17(15)24-5/h8-9,11-13H,6-7,10H2,1-5H3. The number of carbonyl (C=O) groups is 1. The summed E-state index contributed by atoms with van der Waals surface area (Å²) in [7, 11) is 1.56. The number of carbonyl (C=O) groups excluding carboxylic acids is 1. The Kier molecular flexibility index (Phi) is 6.64. The second kappa shape index (κ2) is 8.33. The highest BCUT2D eigenvalue weighted by Crippen LogP contribution is 2.43. The Morgan fingerprint density at radius 3 is 2.68 bits per heavy atom. The maximum atomic E-state index is 12.8. The van der Waals surface area contributed by atoms with Crippen LogP contribution in [0.1, 0.15) is 50.9 Å². The molecular weight excluding hydrogens is 354 g/mol. The number of allylic oxidation sites excluding steroid dienone is 2. The SMILES string of the molecule is CCCCN1C(=CC(=O)c2cc(Cl)ccc2OC)SC=C1C(C)(C)C. The van der Waals surface area contributed by atoms with E-state index in [0.717, 1.165) is 24.4 Å². The highest BCUT2D eigenvalue weighted by molar-refractivity contribution is 8.06. The normalized spacial score (nSPS) is 16.3. The van der Waals surface area contributed by atoms with E-state index >= 15 is 0 Å². The second-order valence-electron chi connectivity index (χ2n) is 7.07. The van der Waals surface area contributed by atoms with Crippen molar-refractivity contribution in [2.75, 3.05) is 13.7 Å². The molecule has 136 valence electrons. The van der Waals surface area contributed by atoms with Crippen LogP contribution < -0.4 is 4.74 Å². The van der Waals surface area contributed by atoms with Gasteiger partial charge in [0.1, 0.15) is 5.75 Å².